The minimum Gasteiger partial charge on any atom is -0.481 e. The number of benzene rings is 1. The van der Waals surface area contributed by atoms with E-state index in [4.69, 9.17) is 5.11 Å². The molecule has 0 spiro atoms. The van der Waals surface area contributed by atoms with Gasteiger partial charge in [0.25, 0.3) is 0 Å². The van der Waals surface area contributed by atoms with Gasteiger partial charge in [-0.25, -0.2) is 5.06 Å². The molecule has 1 rings (SSSR count). The highest BCUT2D eigenvalue weighted by Crippen LogP contribution is 2.17. The molecule has 1 aromatic rings. The number of carbonyl (C=O) groups excluding carboxylic acids is 1. The van der Waals surface area contributed by atoms with E-state index < -0.39 is 17.9 Å². The minimum absolute atomic E-state index is 0.234. The van der Waals surface area contributed by atoms with Gasteiger partial charge >= 0.3 is 5.97 Å². The predicted molar refractivity (Wildman–Crippen MR) is 69.7 cm³/mol. The Bertz CT molecular complexity index is 407. The Kier molecular flexibility index (Phi) is 6.02. The number of hydroxylamine groups is 2. The van der Waals surface area contributed by atoms with Crippen molar-refractivity contribution in [3.8, 4) is 0 Å². The smallest absolute Gasteiger partial charge is 0.308 e. The summed E-state index contributed by atoms with van der Waals surface area (Å²) < 4.78 is 0. The zero-order chi connectivity index (χ0) is 14.3. The molecule has 5 heteroatoms. The van der Waals surface area contributed by atoms with Crippen LogP contribution in [0.1, 0.15) is 25.3 Å². The molecule has 0 aliphatic rings. The number of aryl methyl sites for hydroxylation is 1. The maximum Gasteiger partial charge on any atom is 0.308 e. The first kappa shape index (κ1) is 15.2. The number of hydrogen-bond donors (Lipinski definition) is 2. The highest BCUT2D eigenvalue weighted by atomic mass is 16.5. The lowest BCUT2D eigenvalue weighted by Gasteiger charge is -2.24. The fourth-order valence-electron chi connectivity index (χ4n) is 2.02. The summed E-state index contributed by atoms with van der Waals surface area (Å²) in [5.41, 5.74) is 1.15. The average Bonchev–Trinajstić information content (AvgIpc) is 2.42. The van der Waals surface area contributed by atoms with Crippen molar-refractivity contribution in [3.05, 3.63) is 35.9 Å². The zero-order valence-electron chi connectivity index (χ0n) is 10.9. The van der Waals surface area contributed by atoms with Crippen LogP contribution >= 0.6 is 0 Å². The second-order valence-corrected chi connectivity index (χ2v) is 4.55. The predicted octanol–water partition coefficient (Wildman–Crippen LogP) is 1.95. The van der Waals surface area contributed by atoms with Crippen molar-refractivity contribution in [2.75, 3.05) is 0 Å². The largest absolute Gasteiger partial charge is 0.481 e. The minimum atomic E-state index is -0.999. The molecule has 104 valence electrons. The molecule has 0 heterocycles. The van der Waals surface area contributed by atoms with Gasteiger partial charge in [-0.05, 0) is 31.7 Å². The fourth-order valence-corrected chi connectivity index (χ4v) is 2.02. The molecule has 0 unspecified atom stereocenters. The fraction of sp³-hybridized carbons (Fsp3) is 0.429. The van der Waals surface area contributed by atoms with E-state index in [-0.39, 0.29) is 6.41 Å². The summed E-state index contributed by atoms with van der Waals surface area (Å²) in [6, 6.07) is 9.06. The van der Waals surface area contributed by atoms with Crippen molar-refractivity contribution in [1.82, 2.24) is 5.06 Å². The summed E-state index contributed by atoms with van der Waals surface area (Å²) in [4.78, 5) is 21.6. The van der Waals surface area contributed by atoms with Gasteiger partial charge in [-0.2, -0.15) is 0 Å². The average molecular weight is 265 g/mol. The van der Waals surface area contributed by atoms with Gasteiger partial charge in [0.15, 0.2) is 0 Å². The Labute approximate surface area is 112 Å². The summed E-state index contributed by atoms with van der Waals surface area (Å²) in [6.45, 7) is 1.52. The van der Waals surface area contributed by atoms with Gasteiger partial charge in [-0.3, -0.25) is 14.8 Å². The van der Waals surface area contributed by atoms with Gasteiger partial charge in [0.1, 0.15) is 0 Å². The van der Waals surface area contributed by atoms with Crippen molar-refractivity contribution in [1.29, 1.82) is 0 Å². The van der Waals surface area contributed by atoms with Crippen LogP contribution in [0.3, 0.4) is 0 Å². The number of rotatable bonds is 8. The van der Waals surface area contributed by atoms with Gasteiger partial charge in [0.2, 0.25) is 6.41 Å². The molecule has 0 aliphatic carbocycles. The third-order valence-corrected chi connectivity index (χ3v) is 3.25. The number of aliphatic carboxylic acids is 1. The Hall–Kier alpha value is -1.88. The molecule has 1 amide bonds. The second-order valence-electron chi connectivity index (χ2n) is 4.55. The number of nitrogens with zero attached hydrogens (tertiary/aromatic N) is 1. The number of amides is 1. The van der Waals surface area contributed by atoms with Crippen LogP contribution in [0.25, 0.3) is 0 Å². The molecule has 0 saturated carbocycles. The Morgan fingerprint density at radius 1 is 1.37 bits per heavy atom. The molecule has 2 N–H and O–H groups in total. The highest BCUT2D eigenvalue weighted by molar-refractivity contribution is 5.71. The van der Waals surface area contributed by atoms with Crippen molar-refractivity contribution in [2.45, 2.75) is 32.2 Å². The van der Waals surface area contributed by atoms with Crippen LogP contribution < -0.4 is 0 Å². The first-order valence-electron chi connectivity index (χ1n) is 6.25. The van der Waals surface area contributed by atoms with E-state index in [0.29, 0.717) is 17.9 Å². The topological polar surface area (TPSA) is 77.8 Å². The van der Waals surface area contributed by atoms with Gasteiger partial charge in [0, 0.05) is 0 Å². The SMILES string of the molecule is C[C@@H]([C@@H](CCCc1ccccc1)C(=O)O)N(O)C=O. The van der Waals surface area contributed by atoms with Gasteiger partial charge in [0.05, 0.1) is 12.0 Å². The maximum absolute atomic E-state index is 11.1. The van der Waals surface area contributed by atoms with Crippen molar-refractivity contribution < 1.29 is 19.9 Å². The first-order valence-corrected chi connectivity index (χ1v) is 6.25. The molecule has 19 heavy (non-hydrogen) atoms. The highest BCUT2D eigenvalue weighted by Gasteiger charge is 2.27. The van der Waals surface area contributed by atoms with Crippen LogP contribution in [0.4, 0.5) is 0 Å². The molecule has 0 aliphatic heterocycles. The molecular formula is C14H19NO4. The third kappa shape index (κ3) is 4.71. The van der Waals surface area contributed by atoms with Crippen molar-refractivity contribution >= 4 is 12.4 Å². The molecular weight excluding hydrogens is 246 g/mol. The van der Waals surface area contributed by atoms with Crippen molar-refractivity contribution in [2.24, 2.45) is 5.92 Å². The lowest BCUT2D eigenvalue weighted by Crippen LogP contribution is -2.39. The van der Waals surface area contributed by atoms with Crippen LogP contribution in [0.2, 0.25) is 0 Å². The van der Waals surface area contributed by atoms with E-state index in [9.17, 15) is 14.8 Å². The molecule has 2 atom stereocenters. The third-order valence-electron chi connectivity index (χ3n) is 3.25. The van der Waals surface area contributed by atoms with Crippen LogP contribution in [0.5, 0.6) is 0 Å². The molecule has 0 radical (unpaired) electrons. The Morgan fingerprint density at radius 2 is 2.00 bits per heavy atom. The summed E-state index contributed by atoms with van der Waals surface area (Å²) >= 11 is 0. The summed E-state index contributed by atoms with van der Waals surface area (Å²) in [5, 5.41) is 18.8. The van der Waals surface area contributed by atoms with Gasteiger partial charge in [-0.1, -0.05) is 30.3 Å². The molecule has 5 nitrogen and oxygen atoms in total. The Morgan fingerprint density at radius 3 is 2.53 bits per heavy atom. The summed E-state index contributed by atoms with van der Waals surface area (Å²) in [6.07, 6.45) is 2.12. The normalized spacial score (nSPS) is 13.6. The maximum atomic E-state index is 11.1. The number of carbonyl (C=O) groups is 2. The lowest BCUT2D eigenvalue weighted by atomic mass is 9.93. The van der Waals surface area contributed by atoms with Crippen LogP contribution in [-0.2, 0) is 16.0 Å². The number of carboxylic acids is 1. The van der Waals surface area contributed by atoms with Gasteiger partial charge in [-0.15, -0.1) is 0 Å². The summed E-state index contributed by atoms with van der Waals surface area (Å²) in [5.74, 6) is -1.76. The van der Waals surface area contributed by atoms with E-state index in [1.54, 1.807) is 0 Å². The van der Waals surface area contributed by atoms with E-state index in [0.717, 1.165) is 12.0 Å². The van der Waals surface area contributed by atoms with E-state index in [1.807, 2.05) is 30.3 Å². The Balaban J connectivity index is 2.51. The van der Waals surface area contributed by atoms with Gasteiger partial charge < -0.3 is 5.11 Å². The molecule has 0 bridgehead atoms. The van der Waals surface area contributed by atoms with Crippen LogP contribution in [0, 0.1) is 5.92 Å². The lowest BCUT2D eigenvalue weighted by molar-refractivity contribution is -0.170. The van der Waals surface area contributed by atoms with E-state index in [1.165, 1.54) is 6.92 Å². The second kappa shape index (κ2) is 7.53. The zero-order valence-corrected chi connectivity index (χ0v) is 10.9. The molecule has 1 aromatic carbocycles. The first-order chi connectivity index (χ1) is 9.06. The number of carboxylic acid groups (broad SMARTS) is 1. The van der Waals surface area contributed by atoms with Crippen molar-refractivity contribution in [3.63, 3.8) is 0 Å². The summed E-state index contributed by atoms with van der Waals surface area (Å²) in [7, 11) is 0. The monoisotopic (exact) mass is 265 g/mol. The quantitative estimate of drug-likeness (QED) is 0.428. The van der Waals surface area contributed by atoms with Crippen LogP contribution in [0.15, 0.2) is 30.3 Å². The molecule has 0 aromatic heterocycles. The van der Waals surface area contributed by atoms with E-state index >= 15 is 0 Å². The number of hydrogen-bond acceptors (Lipinski definition) is 3. The van der Waals surface area contributed by atoms with E-state index in [2.05, 4.69) is 0 Å². The molecule has 0 fully saturated rings. The molecule has 0 saturated heterocycles. The standard InChI is InChI=1S/C14H19NO4/c1-11(15(19)10-16)13(14(17)18)9-5-8-12-6-3-2-4-7-12/h2-4,6-7,10-11,13,19H,5,8-9H2,1H3,(H,17,18)/t11-,13+/m0/s1. The van der Waals surface area contributed by atoms with Crippen LogP contribution in [-0.4, -0.2) is 33.8 Å².